The van der Waals surface area contributed by atoms with Gasteiger partial charge >= 0.3 is 0 Å². The Bertz CT molecular complexity index is 160. The van der Waals surface area contributed by atoms with Gasteiger partial charge < -0.3 is 14.4 Å². The molecule has 0 bridgehead atoms. The molecule has 0 aromatic heterocycles. The molecule has 0 aromatic carbocycles. The lowest BCUT2D eigenvalue weighted by Gasteiger charge is -2.46. The molecule has 0 saturated carbocycles. The maximum Gasteiger partial charge on any atom is 0.0862 e. The van der Waals surface area contributed by atoms with E-state index in [2.05, 4.69) is 18.7 Å². The van der Waals surface area contributed by atoms with Crippen LogP contribution in [0.25, 0.3) is 0 Å². The van der Waals surface area contributed by atoms with Gasteiger partial charge in [-0.2, -0.15) is 0 Å². The normalized spacial score (nSPS) is 32.1. The highest BCUT2D eigenvalue weighted by molar-refractivity contribution is 4.88. The zero-order valence-corrected chi connectivity index (χ0v) is 8.53. The summed E-state index contributed by atoms with van der Waals surface area (Å²) in [5.41, 5.74) is 0. The van der Waals surface area contributed by atoms with Gasteiger partial charge in [-0.15, -0.1) is 0 Å². The van der Waals surface area contributed by atoms with Crippen molar-refractivity contribution in [3.63, 3.8) is 0 Å². The maximum atomic E-state index is 5.66. The molecule has 3 heteroatoms. The van der Waals surface area contributed by atoms with Crippen LogP contribution in [0.15, 0.2) is 0 Å². The summed E-state index contributed by atoms with van der Waals surface area (Å²) in [5.74, 6) is 0.711. The van der Waals surface area contributed by atoms with E-state index in [1.54, 1.807) is 0 Å². The highest BCUT2D eigenvalue weighted by Crippen LogP contribution is 2.24. The molecule has 0 N–H and O–H groups in total. The van der Waals surface area contributed by atoms with E-state index in [9.17, 15) is 0 Å². The van der Waals surface area contributed by atoms with Gasteiger partial charge in [-0.3, -0.25) is 0 Å². The number of rotatable bonds is 2. The lowest BCUT2D eigenvalue weighted by Crippen LogP contribution is -2.56. The summed E-state index contributed by atoms with van der Waals surface area (Å²) in [4.78, 5) is 2.47. The van der Waals surface area contributed by atoms with Crippen LogP contribution in [0.1, 0.15) is 13.8 Å². The minimum atomic E-state index is 0.365. The van der Waals surface area contributed by atoms with Gasteiger partial charge in [-0.05, 0) is 13.8 Å². The van der Waals surface area contributed by atoms with E-state index in [1.807, 2.05) is 0 Å². The van der Waals surface area contributed by atoms with Crippen molar-refractivity contribution in [1.82, 2.24) is 4.90 Å². The molecule has 1 unspecified atom stereocenters. The molecule has 0 spiro atoms. The van der Waals surface area contributed by atoms with Crippen LogP contribution in [0, 0.1) is 5.92 Å². The average Bonchev–Trinajstić information content (AvgIpc) is 2.02. The first-order chi connectivity index (χ1) is 6.27. The molecule has 76 valence electrons. The Hall–Kier alpha value is -0.120. The number of hydrogen-bond acceptors (Lipinski definition) is 3. The largest absolute Gasteiger partial charge is 0.376 e. The summed E-state index contributed by atoms with van der Waals surface area (Å²) in [5, 5.41) is 0. The van der Waals surface area contributed by atoms with Crippen LogP contribution >= 0.6 is 0 Å². The second-order valence-electron chi connectivity index (χ2n) is 4.29. The predicted molar refractivity (Wildman–Crippen MR) is 50.8 cm³/mol. The highest BCUT2D eigenvalue weighted by Gasteiger charge is 2.36. The Balaban J connectivity index is 1.72. The third kappa shape index (κ3) is 2.03. The fourth-order valence-corrected chi connectivity index (χ4v) is 1.98. The van der Waals surface area contributed by atoms with Crippen molar-refractivity contribution in [2.75, 3.05) is 32.9 Å². The average molecular weight is 185 g/mol. The number of nitrogens with zero attached hydrogens (tertiary/aromatic N) is 1. The first-order valence-corrected chi connectivity index (χ1v) is 5.21. The molecule has 0 aromatic rings. The quantitative estimate of drug-likeness (QED) is 0.633. The molecule has 13 heavy (non-hydrogen) atoms. The van der Waals surface area contributed by atoms with Gasteiger partial charge in [-0.25, -0.2) is 0 Å². The summed E-state index contributed by atoms with van der Waals surface area (Å²) >= 11 is 0. The van der Waals surface area contributed by atoms with E-state index in [-0.39, 0.29) is 0 Å². The van der Waals surface area contributed by atoms with E-state index >= 15 is 0 Å². The van der Waals surface area contributed by atoms with Crippen molar-refractivity contribution in [3.8, 4) is 0 Å². The van der Waals surface area contributed by atoms with Crippen LogP contribution in [0.2, 0.25) is 0 Å². The van der Waals surface area contributed by atoms with Crippen molar-refractivity contribution in [2.45, 2.75) is 26.0 Å². The molecule has 3 nitrogen and oxygen atoms in total. The summed E-state index contributed by atoms with van der Waals surface area (Å²) in [6.45, 7) is 9.22. The van der Waals surface area contributed by atoms with E-state index < -0.39 is 0 Å². The fraction of sp³-hybridized carbons (Fsp3) is 1.00. The minimum absolute atomic E-state index is 0.365. The van der Waals surface area contributed by atoms with E-state index in [0.717, 1.165) is 19.8 Å². The minimum Gasteiger partial charge on any atom is -0.376 e. The third-order valence-corrected chi connectivity index (χ3v) is 3.04. The zero-order chi connectivity index (χ0) is 9.26. The van der Waals surface area contributed by atoms with Crippen LogP contribution in [0.4, 0.5) is 0 Å². The standard InChI is InChI=1S/C10H19NO2/c1-8(2)11-5-9(6-11)10-7-12-3-4-13-10/h8-10H,3-7H2,1-2H3. The van der Waals surface area contributed by atoms with Gasteiger partial charge in [0, 0.05) is 25.0 Å². The second-order valence-corrected chi connectivity index (χ2v) is 4.29. The lowest BCUT2D eigenvalue weighted by atomic mass is 9.92. The lowest BCUT2D eigenvalue weighted by molar-refractivity contribution is -0.140. The maximum absolute atomic E-state index is 5.66. The monoisotopic (exact) mass is 185 g/mol. The van der Waals surface area contributed by atoms with Crippen molar-refractivity contribution in [2.24, 2.45) is 5.92 Å². The molecule has 0 amide bonds. The number of hydrogen-bond donors (Lipinski definition) is 0. The Labute approximate surface area is 80.0 Å². The molecule has 2 heterocycles. The van der Waals surface area contributed by atoms with Gasteiger partial charge in [0.25, 0.3) is 0 Å². The second kappa shape index (κ2) is 3.95. The molecule has 0 aliphatic carbocycles. The van der Waals surface area contributed by atoms with Gasteiger partial charge in [0.1, 0.15) is 0 Å². The zero-order valence-electron chi connectivity index (χ0n) is 8.53. The van der Waals surface area contributed by atoms with Crippen LogP contribution in [-0.4, -0.2) is 50.0 Å². The van der Waals surface area contributed by atoms with Gasteiger partial charge in [-0.1, -0.05) is 0 Å². The third-order valence-electron chi connectivity index (χ3n) is 3.04. The van der Waals surface area contributed by atoms with Gasteiger partial charge in [0.2, 0.25) is 0 Å². The fourth-order valence-electron chi connectivity index (χ4n) is 1.98. The first kappa shape index (κ1) is 9.44. The summed E-state index contributed by atoms with van der Waals surface area (Å²) in [7, 11) is 0. The van der Waals surface area contributed by atoms with Crippen molar-refractivity contribution >= 4 is 0 Å². The van der Waals surface area contributed by atoms with Crippen LogP contribution in [0.3, 0.4) is 0 Å². The molecule has 2 rings (SSSR count). The summed E-state index contributed by atoms with van der Waals surface area (Å²) in [6.07, 6.45) is 0.365. The van der Waals surface area contributed by atoms with Crippen molar-refractivity contribution in [3.05, 3.63) is 0 Å². The molecular formula is C10H19NO2. The molecule has 2 aliphatic heterocycles. The van der Waals surface area contributed by atoms with Crippen LogP contribution in [-0.2, 0) is 9.47 Å². The number of ether oxygens (including phenoxy) is 2. The van der Waals surface area contributed by atoms with E-state index in [0.29, 0.717) is 18.1 Å². The molecular weight excluding hydrogens is 166 g/mol. The Morgan fingerprint density at radius 3 is 2.54 bits per heavy atom. The van der Waals surface area contributed by atoms with Crippen LogP contribution in [0.5, 0.6) is 0 Å². The van der Waals surface area contributed by atoms with Crippen molar-refractivity contribution < 1.29 is 9.47 Å². The summed E-state index contributed by atoms with van der Waals surface area (Å²) < 4.78 is 11.0. The predicted octanol–water partition coefficient (Wildman–Crippen LogP) is 0.742. The number of likely N-dealkylation sites (tertiary alicyclic amines) is 1. The van der Waals surface area contributed by atoms with Gasteiger partial charge in [0.05, 0.1) is 25.9 Å². The summed E-state index contributed by atoms with van der Waals surface area (Å²) in [6, 6.07) is 0.681. The van der Waals surface area contributed by atoms with Gasteiger partial charge in [0.15, 0.2) is 0 Å². The van der Waals surface area contributed by atoms with Crippen LogP contribution < -0.4 is 0 Å². The Morgan fingerprint density at radius 1 is 1.23 bits per heavy atom. The molecule has 0 radical (unpaired) electrons. The molecule has 2 fully saturated rings. The molecule has 2 saturated heterocycles. The smallest absolute Gasteiger partial charge is 0.0862 e. The first-order valence-electron chi connectivity index (χ1n) is 5.21. The van der Waals surface area contributed by atoms with Crippen molar-refractivity contribution in [1.29, 1.82) is 0 Å². The SMILES string of the molecule is CC(C)N1CC(C2COCCO2)C1. The topological polar surface area (TPSA) is 21.7 Å². The Morgan fingerprint density at radius 2 is 2.00 bits per heavy atom. The Kier molecular flexibility index (Phi) is 2.86. The molecule has 1 atom stereocenters. The van der Waals surface area contributed by atoms with E-state index in [4.69, 9.17) is 9.47 Å². The molecule has 2 aliphatic rings. The highest BCUT2D eigenvalue weighted by atomic mass is 16.6. The van der Waals surface area contributed by atoms with E-state index in [1.165, 1.54) is 13.1 Å².